The summed E-state index contributed by atoms with van der Waals surface area (Å²) in [6, 6.07) is 0. The standard InChI is InChI=1S/C5H10.2C2H6/c1-4-5(2)3;2*1-2/h4-5H,1H2,2-3H3;2*1-2H3. The minimum absolute atomic E-state index is 0.648. The molecule has 0 bridgehead atoms. The minimum atomic E-state index is 0.648. The van der Waals surface area contributed by atoms with E-state index in [1.807, 2.05) is 33.8 Å². The van der Waals surface area contributed by atoms with E-state index in [0.29, 0.717) is 5.92 Å². The van der Waals surface area contributed by atoms with Crippen molar-refractivity contribution in [3.8, 4) is 0 Å². The molecule has 58 valence electrons. The predicted molar refractivity (Wildman–Crippen MR) is 47.7 cm³/mol. The molecule has 0 spiro atoms. The van der Waals surface area contributed by atoms with Crippen LogP contribution in [-0.2, 0) is 0 Å². The van der Waals surface area contributed by atoms with E-state index in [0.717, 1.165) is 0 Å². The highest BCUT2D eigenvalue weighted by Gasteiger charge is 1.73. The van der Waals surface area contributed by atoms with Gasteiger partial charge in [-0.3, -0.25) is 0 Å². The second-order valence-corrected chi connectivity index (χ2v) is 1.48. The number of hydrogen-bond donors (Lipinski definition) is 0. The summed E-state index contributed by atoms with van der Waals surface area (Å²) in [4.78, 5) is 0. The SMILES string of the molecule is C=CC(C)C.CC.CC. The van der Waals surface area contributed by atoms with Crippen LogP contribution in [0.1, 0.15) is 41.5 Å². The normalized spacial score (nSPS) is 6.11. The Hall–Kier alpha value is -0.260. The van der Waals surface area contributed by atoms with Crippen molar-refractivity contribution in [1.82, 2.24) is 0 Å². The van der Waals surface area contributed by atoms with Crippen molar-refractivity contribution in [2.75, 3.05) is 0 Å². The van der Waals surface area contributed by atoms with Crippen LogP contribution < -0.4 is 0 Å². The van der Waals surface area contributed by atoms with Crippen molar-refractivity contribution >= 4 is 0 Å². The van der Waals surface area contributed by atoms with Gasteiger partial charge in [0.1, 0.15) is 0 Å². The molecule has 0 radical (unpaired) electrons. The third-order valence-corrected chi connectivity index (χ3v) is 0.471. The quantitative estimate of drug-likeness (QED) is 0.472. The molecule has 0 atom stereocenters. The zero-order valence-electron chi connectivity index (χ0n) is 7.86. The van der Waals surface area contributed by atoms with E-state index in [-0.39, 0.29) is 0 Å². The Morgan fingerprint density at radius 1 is 1.00 bits per heavy atom. The van der Waals surface area contributed by atoms with Crippen molar-refractivity contribution in [3.05, 3.63) is 12.7 Å². The van der Waals surface area contributed by atoms with Crippen LogP contribution >= 0.6 is 0 Å². The van der Waals surface area contributed by atoms with Gasteiger partial charge in [-0.15, -0.1) is 6.58 Å². The van der Waals surface area contributed by atoms with E-state index in [4.69, 9.17) is 0 Å². The van der Waals surface area contributed by atoms with E-state index >= 15 is 0 Å². The van der Waals surface area contributed by atoms with Gasteiger partial charge < -0.3 is 0 Å². The molecule has 0 fully saturated rings. The lowest BCUT2D eigenvalue weighted by molar-refractivity contribution is 0.835. The third kappa shape index (κ3) is 84.2. The molecule has 0 aromatic heterocycles. The van der Waals surface area contributed by atoms with Crippen molar-refractivity contribution in [2.24, 2.45) is 5.92 Å². The maximum absolute atomic E-state index is 3.56. The number of hydrogen-bond acceptors (Lipinski definition) is 0. The number of rotatable bonds is 1. The highest BCUT2D eigenvalue weighted by Crippen LogP contribution is 1.87. The van der Waals surface area contributed by atoms with Crippen LogP contribution in [0.5, 0.6) is 0 Å². The van der Waals surface area contributed by atoms with Crippen molar-refractivity contribution in [1.29, 1.82) is 0 Å². The first kappa shape index (κ1) is 15.9. The van der Waals surface area contributed by atoms with Gasteiger partial charge in [0.05, 0.1) is 0 Å². The van der Waals surface area contributed by atoms with Crippen LogP contribution in [0.2, 0.25) is 0 Å². The predicted octanol–water partition coefficient (Wildman–Crippen LogP) is 3.88. The van der Waals surface area contributed by atoms with Crippen LogP contribution in [0, 0.1) is 5.92 Å². The molecule has 0 aromatic carbocycles. The molecule has 0 saturated heterocycles. The van der Waals surface area contributed by atoms with Crippen LogP contribution in [-0.4, -0.2) is 0 Å². The average Bonchev–Trinajstić information content (AvgIpc) is 1.97. The van der Waals surface area contributed by atoms with E-state index in [1.54, 1.807) is 0 Å². The summed E-state index contributed by atoms with van der Waals surface area (Å²) in [5, 5.41) is 0. The zero-order chi connectivity index (χ0) is 8.28. The topological polar surface area (TPSA) is 0 Å². The van der Waals surface area contributed by atoms with E-state index in [9.17, 15) is 0 Å². The molecule has 0 rings (SSSR count). The van der Waals surface area contributed by atoms with E-state index in [2.05, 4.69) is 20.4 Å². The van der Waals surface area contributed by atoms with Crippen molar-refractivity contribution in [3.63, 3.8) is 0 Å². The maximum atomic E-state index is 3.56. The van der Waals surface area contributed by atoms with Crippen molar-refractivity contribution < 1.29 is 0 Å². The van der Waals surface area contributed by atoms with E-state index in [1.165, 1.54) is 0 Å². The Morgan fingerprint density at radius 3 is 1.11 bits per heavy atom. The smallest absolute Gasteiger partial charge is 0.0293 e. The van der Waals surface area contributed by atoms with Gasteiger partial charge in [0.25, 0.3) is 0 Å². The van der Waals surface area contributed by atoms with Gasteiger partial charge in [0, 0.05) is 0 Å². The highest BCUT2D eigenvalue weighted by molar-refractivity contribution is 4.69. The summed E-state index contributed by atoms with van der Waals surface area (Å²) < 4.78 is 0. The summed E-state index contributed by atoms with van der Waals surface area (Å²) in [5.41, 5.74) is 0. The largest absolute Gasteiger partial charge is 0.103 e. The van der Waals surface area contributed by atoms with Gasteiger partial charge in [-0.25, -0.2) is 0 Å². The monoisotopic (exact) mass is 130 g/mol. The van der Waals surface area contributed by atoms with Gasteiger partial charge in [-0.1, -0.05) is 47.6 Å². The number of allylic oxidation sites excluding steroid dienone is 1. The molecule has 0 aliphatic heterocycles. The molecule has 0 N–H and O–H groups in total. The summed E-state index contributed by atoms with van der Waals surface area (Å²) in [7, 11) is 0. The Labute approximate surface area is 61.0 Å². The molecule has 0 unspecified atom stereocenters. The lowest BCUT2D eigenvalue weighted by atomic mass is 10.2. The summed E-state index contributed by atoms with van der Waals surface area (Å²) >= 11 is 0. The van der Waals surface area contributed by atoms with Crippen LogP contribution in [0.4, 0.5) is 0 Å². The zero-order valence-corrected chi connectivity index (χ0v) is 7.86. The van der Waals surface area contributed by atoms with Crippen molar-refractivity contribution in [2.45, 2.75) is 41.5 Å². The van der Waals surface area contributed by atoms with Gasteiger partial charge >= 0.3 is 0 Å². The third-order valence-electron chi connectivity index (χ3n) is 0.471. The summed E-state index contributed by atoms with van der Waals surface area (Å²) in [6.45, 7) is 15.8. The fourth-order valence-corrected chi connectivity index (χ4v) is 0. The molecular formula is C9H22. The van der Waals surface area contributed by atoms with E-state index < -0.39 is 0 Å². The molecule has 0 aliphatic carbocycles. The molecular weight excluding hydrogens is 108 g/mol. The molecule has 0 nitrogen and oxygen atoms in total. The van der Waals surface area contributed by atoms with Gasteiger partial charge in [0.2, 0.25) is 0 Å². The Balaban J connectivity index is -0.0000000771. The first-order valence-electron chi connectivity index (χ1n) is 3.90. The average molecular weight is 130 g/mol. The van der Waals surface area contributed by atoms with Gasteiger partial charge in [-0.2, -0.15) is 0 Å². The van der Waals surface area contributed by atoms with Crippen LogP contribution in [0.25, 0.3) is 0 Å². The van der Waals surface area contributed by atoms with Gasteiger partial charge in [-0.05, 0) is 5.92 Å². The molecule has 0 aromatic rings. The fraction of sp³-hybridized carbons (Fsp3) is 0.778. The van der Waals surface area contributed by atoms with Crippen LogP contribution in [0.15, 0.2) is 12.7 Å². The van der Waals surface area contributed by atoms with Crippen LogP contribution in [0.3, 0.4) is 0 Å². The first-order chi connectivity index (χ1) is 4.27. The molecule has 0 heterocycles. The fourth-order valence-electron chi connectivity index (χ4n) is 0. The Kier molecular flexibility index (Phi) is 44.4. The highest BCUT2D eigenvalue weighted by atomic mass is 13.8. The molecule has 9 heavy (non-hydrogen) atoms. The molecule has 0 amide bonds. The Bertz CT molecular complexity index is 27.0. The lowest BCUT2D eigenvalue weighted by Gasteiger charge is -1.84. The molecule has 0 aliphatic rings. The molecule has 0 heteroatoms. The lowest BCUT2D eigenvalue weighted by Crippen LogP contribution is -1.71. The maximum Gasteiger partial charge on any atom is -0.0293 e. The summed E-state index contributed by atoms with van der Waals surface area (Å²) in [6.07, 6.45) is 1.92. The first-order valence-corrected chi connectivity index (χ1v) is 3.90. The minimum Gasteiger partial charge on any atom is -0.103 e. The second kappa shape index (κ2) is 25.1. The van der Waals surface area contributed by atoms with Gasteiger partial charge in [0.15, 0.2) is 0 Å². The second-order valence-electron chi connectivity index (χ2n) is 1.48. The molecule has 0 saturated carbocycles. The Morgan fingerprint density at radius 2 is 1.11 bits per heavy atom. The summed E-state index contributed by atoms with van der Waals surface area (Å²) in [5.74, 6) is 0.648.